The van der Waals surface area contributed by atoms with E-state index < -0.39 is 0 Å². The van der Waals surface area contributed by atoms with E-state index in [0.29, 0.717) is 12.3 Å². The summed E-state index contributed by atoms with van der Waals surface area (Å²) in [4.78, 5) is 19.7. The number of aromatic nitrogens is 2. The topological polar surface area (TPSA) is 64.1 Å². The Hall–Kier alpha value is -1.95. The van der Waals surface area contributed by atoms with Crippen LogP contribution < -0.4 is 5.32 Å². The molecule has 0 aliphatic carbocycles. The number of anilines is 1. The molecule has 100 valence electrons. The van der Waals surface area contributed by atoms with Crippen LogP contribution >= 0.6 is 11.3 Å². The molecule has 2 aromatic heterocycles. The molecule has 0 saturated carbocycles. The van der Waals surface area contributed by atoms with Gasteiger partial charge in [-0.3, -0.25) is 4.98 Å². The summed E-state index contributed by atoms with van der Waals surface area (Å²) in [6.07, 6.45) is 4.46. The zero-order valence-electron chi connectivity index (χ0n) is 10.6. The summed E-state index contributed by atoms with van der Waals surface area (Å²) in [5.41, 5.74) is 1.52. The van der Waals surface area contributed by atoms with Gasteiger partial charge in [-0.25, -0.2) is 9.78 Å². The third-order valence-corrected chi connectivity index (χ3v) is 3.20. The lowest BCUT2D eigenvalue weighted by Crippen LogP contribution is -2.07. The summed E-state index contributed by atoms with van der Waals surface area (Å²) in [6.45, 7) is 2.89. The van der Waals surface area contributed by atoms with Crippen LogP contribution in [0.2, 0.25) is 0 Å². The van der Waals surface area contributed by atoms with E-state index in [-0.39, 0.29) is 5.97 Å². The molecular weight excluding hydrogens is 262 g/mol. The average molecular weight is 277 g/mol. The Morgan fingerprint density at radius 1 is 1.53 bits per heavy atom. The van der Waals surface area contributed by atoms with Crippen molar-refractivity contribution in [1.82, 2.24) is 9.97 Å². The number of thiazole rings is 1. The van der Waals surface area contributed by atoms with Gasteiger partial charge in [-0.2, -0.15) is 0 Å². The molecule has 2 heterocycles. The fourth-order valence-electron chi connectivity index (χ4n) is 1.51. The predicted octanol–water partition coefficient (Wildman–Crippen LogP) is 2.37. The third-order valence-electron chi connectivity index (χ3n) is 2.40. The molecule has 0 atom stereocenters. The largest absolute Gasteiger partial charge is 0.461 e. The monoisotopic (exact) mass is 277 g/mol. The maximum Gasteiger partial charge on any atom is 0.357 e. The van der Waals surface area contributed by atoms with Gasteiger partial charge in [-0.05, 0) is 25.0 Å². The highest BCUT2D eigenvalue weighted by molar-refractivity contribution is 7.13. The van der Waals surface area contributed by atoms with Crippen molar-refractivity contribution >= 4 is 22.4 Å². The molecule has 2 aromatic rings. The molecule has 0 amide bonds. The number of nitrogens with one attached hydrogen (secondary N) is 1. The number of nitrogens with zero attached hydrogens (tertiary/aromatic N) is 2. The van der Waals surface area contributed by atoms with Crippen molar-refractivity contribution < 1.29 is 9.53 Å². The zero-order chi connectivity index (χ0) is 13.5. The number of ether oxygens (including phenoxy) is 1. The van der Waals surface area contributed by atoms with Crippen molar-refractivity contribution in [3.63, 3.8) is 0 Å². The van der Waals surface area contributed by atoms with Gasteiger partial charge in [0.1, 0.15) is 0 Å². The van der Waals surface area contributed by atoms with Crippen molar-refractivity contribution in [2.24, 2.45) is 0 Å². The zero-order valence-corrected chi connectivity index (χ0v) is 11.4. The van der Waals surface area contributed by atoms with Crippen LogP contribution in [0.5, 0.6) is 0 Å². The van der Waals surface area contributed by atoms with Gasteiger partial charge in [0.2, 0.25) is 0 Å². The molecule has 0 saturated heterocycles. The van der Waals surface area contributed by atoms with Crippen molar-refractivity contribution in [2.75, 3.05) is 18.5 Å². The molecule has 0 radical (unpaired) electrons. The van der Waals surface area contributed by atoms with Gasteiger partial charge in [0.15, 0.2) is 10.8 Å². The fraction of sp³-hybridized carbons (Fsp3) is 0.308. The van der Waals surface area contributed by atoms with Gasteiger partial charge in [0.25, 0.3) is 0 Å². The van der Waals surface area contributed by atoms with Crippen LogP contribution in [0.1, 0.15) is 23.0 Å². The lowest BCUT2D eigenvalue weighted by molar-refractivity contribution is 0.0520. The van der Waals surface area contributed by atoms with Gasteiger partial charge in [0, 0.05) is 24.3 Å². The molecule has 6 heteroatoms. The van der Waals surface area contributed by atoms with E-state index in [9.17, 15) is 4.79 Å². The van der Waals surface area contributed by atoms with Crippen molar-refractivity contribution in [2.45, 2.75) is 13.3 Å². The molecule has 0 aliphatic rings. The van der Waals surface area contributed by atoms with E-state index in [2.05, 4.69) is 15.3 Å². The summed E-state index contributed by atoms with van der Waals surface area (Å²) in [5, 5.41) is 5.61. The smallest absolute Gasteiger partial charge is 0.357 e. The maximum atomic E-state index is 11.4. The summed E-state index contributed by atoms with van der Waals surface area (Å²) in [5.74, 6) is -0.376. The summed E-state index contributed by atoms with van der Waals surface area (Å²) < 4.78 is 4.88. The first-order valence-corrected chi connectivity index (χ1v) is 6.93. The van der Waals surface area contributed by atoms with E-state index in [1.54, 1.807) is 18.5 Å². The van der Waals surface area contributed by atoms with Crippen molar-refractivity contribution in [3.05, 3.63) is 41.2 Å². The minimum atomic E-state index is -0.376. The number of hydrogen-bond acceptors (Lipinski definition) is 6. The van der Waals surface area contributed by atoms with Gasteiger partial charge >= 0.3 is 5.97 Å². The van der Waals surface area contributed by atoms with Crippen LogP contribution in [0.4, 0.5) is 5.13 Å². The fourth-order valence-corrected chi connectivity index (χ4v) is 2.22. The van der Waals surface area contributed by atoms with Gasteiger partial charge in [-0.1, -0.05) is 6.07 Å². The average Bonchev–Trinajstić information content (AvgIpc) is 2.89. The Kier molecular flexibility index (Phi) is 4.85. The van der Waals surface area contributed by atoms with Gasteiger partial charge in [-0.15, -0.1) is 11.3 Å². The minimum absolute atomic E-state index is 0.357. The van der Waals surface area contributed by atoms with Crippen LogP contribution in [0, 0.1) is 0 Å². The third kappa shape index (κ3) is 4.03. The van der Waals surface area contributed by atoms with Crippen LogP contribution in [0.3, 0.4) is 0 Å². The first-order chi connectivity index (χ1) is 9.29. The van der Waals surface area contributed by atoms with Crippen LogP contribution in [0.25, 0.3) is 0 Å². The van der Waals surface area contributed by atoms with E-state index in [1.807, 2.05) is 18.3 Å². The Morgan fingerprint density at radius 2 is 2.42 bits per heavy atom. The SMILES string of the molecule is CCOC(=O)c1csc(NCCc2cccnc2)n1. The number of rotatable bonds is 6. The number of esters is 1. The first-order valence-electron chi connectivity index (χ1n) is 6.05. The molecule has 2 rings (SSSR count). The summed E-state index contributed by atoms with van der Waals surface area (Å²) in [7, 11) is 0. The normalized spacial score (nSPS) is 10.2. The van der Waals surface area contributed by atoms with E-state index in [0.717, 1.165) is 23.7 Å². The number of carbonyl (C=O) groups is 1. The highest BCUT2D eigenvalue weighted by Gasteiger charge is 2.10. The van der Waals surface area contributed by atoms with Crippen molar-refractivity contribution in [3.8, 4) is 0 Å². The quantitative estimate of drug-likeness (QED) is 0.821. The minimum Gasteiger partial charge on any atom is -0.461 e. The molecule has 1 N–H and O–H groups in total. The molecule has 0 bridgehead atoms. The Balaban J connectivity index is 1.82. The van der Waals surface area contributed by atoms with Crippen LogP contribution in [-0.2, 0) is 11.2 Å². The molecule has 5 nitrogen and oxygen atoms in total. The highest BCUT2D eigenvalue weighted by atomic mass is 32.1. The van der Waals surface area contributed by atoms with Crippen LogP contribution in [0.15, 0.2) is 29.9 Å². The highest BCUT2D eigenvalue weighted by Crippen LogP contribution is 2.16. The Labute approximate surface area is 115 Å². The number of carbonyl (C=O) groups excluding carboxylic acids is 1. The van der Waals surface area contributed by atoms with Crippen molar-refractivity contribution in [1.29, 1.82) is 0 Å². The van der Waals surface area contributed by atoms with Gasteiger partial charge in [0.05, 0.1) is 6.61 Å². The molecule has 0 aliphatic heterocycles. The number of hydrogen-bond donors (Lipinski definition) is 1. The van der Waals surface area contributed by atoms with E-state index in [1.165, 1.54) is 11.3 Å². The predicted molar refractivity (Wildman–Crippen MR) is 74.5 cm³/mol. The summed E-state index contributed by atoms with van der Waals surface area (Å²) >= 11 is 1.40. The lowest BCUT2D eigenvalue weighted by Gasteiger charge is -2.02. The van der Waals surface area contributed by atoms with E-state index in [4.69, 9.17) is 4.74 Å². The van der Waals surface area contributed by atoms with Gasteiger partial charge < -0.3 is 10.1 Å². The lowest BCUT2D eigenvalue weighted by atomic mass is 10.2. The standard InChI is InChI=1S/C13H15N3O2S/c1-2-18-12(17)11-9-19-13(16-11)15-7-5-10-4-3-6-14-8-10/h3-4,6,8-9H,2,5,7H2,1H3,(H,15,16). The van der Waals surface area contributed by atoms with Crippen LogP contribution in [-0.4, -0.2) is 29.1 Å². The molecule has 0 fully saturated rings. The Bertz CT molecular complexity index is 528. The number of pyridine rings is 1. The second-order valence-corrected chi connectivity index (χ2v) is 4.65. The van der Waals surface area contributed by atoms with E-state index >= 15 is 0 Å². The first kappa shape index (κ1) is 13.5. The second kappa shape index (κ2) is 6.84. The molecule has 19 heavy (non-hydrogen) atoms. The molecule has 0 unspecified atom stereocenters. The Morgan fingerprint density at radius 3 is 3.16 bits per heavy atom. The summed E-state index contributed by atoms with van der Waals surface area (Å²) in [6, 6.07) is 3.94. The maximum absolute atomic E-state index is 11.4. The molecular formula is C13H15N3O2S. The molecule has 0 aromatic carbocycles. The molecule has 0 spiro atoms. The second-order valence-electron chi connectivity index (χ2n) is 3.80.